The third-order valence-electron chi connectivity index (χ3n) is 5.77. The van der Waals surface area contributed by atoms with Gasteiger partial charge in [-0.25, -0.2) is 9.28 Å². The van der Waals surface area contributed by atoms with E-state index in [1.165, 1.54) is 6.08 Å². The smallest absolute Gasteiger partial charge is 0.383 e. The van der Waals surface area contributed by atoms with E-state index < -0.39 is 33.6 Å². The molecule has 0 saturated carbocycles. The Morgan fingerprint density at radius 3 is 2.38 bits per heavy atom. The second-order valence-corrected chi connectivity index (χ2v) is 7.67. The predicted octanol–water partition coefficient (Wildman–Crippen LogP) is 1.83. The highest BCUT2D eigenvalue weighted by molar-refractivity contribution is 6.35. The van der Waals surface area contributed by atoms with E-state index in [4.69, 9.17) is 0 Å². The predicted molar refractivity (Wildman–Crippen MR) is 96.9 cm³/mol. The number of amides is 1. The fourth-order valence-corrected chi connectivity index (χ4v) is 3.82. The van der Waals surface area contributed by atoms with E-state index in [9.17, 15) is 19.5 Å². The topological polar surface area (TPSA) is 74.3 Å². The molecule has 3 atom stereocenters. The number of carboxylic acid groups (broad SMARTS) is 1. The summed E-state index contributed by atoms with van der Waals surface area (Å²) in [7, 11) is 0. The van der Waals surface area contributed by atoms with E-state index >= 15 is 0 Å². The SMILES string of the molecule is C=CC[N+]1(C(=O)C(=O)C(C)(C)CC)CCC(c2ccccc2)[C@H]1C(=O)[O-]. The summed E-state index contributed by atoms with van der Waals surface area (Å²) in [6, 6.07) is 8.16. The van der Waals surface area contributed by atoms with Gasteiger partial charge in [0.25, 0.3) is 5.78 Å². The molecule has 1 fully saturated rings. The van der Waals surface area contributed by atoms with Crippen LogP contribution in [-0.2, 0) is 14.4 Å². The highest BCUT2D eigenvalue weighted by Crippen LogP contribution is 2.40. The molecule has 26 heavy (non-hydrogen) atoms. The van der Waals surface area contributed by atoms with Crippen molar-refractivity contribution >= 4 is 17.7 Å². The van der Waals surface area contributed by atoms with E-state index in [-0.39, 0.29) is 19.0 Å². The summed E-state index contributed by atoms with van der Waals surface area (Å²) >= 11 is 0. The number of aliphatic carboxylic acids is 1. The first kappa shape index (κ1) is 20.0. The largest absolute Gasteiger partial charge is 0.544 e. The summed E-state index contributed by atoms with van der Waals surface area (Å²) in [4.78, 5) is 38.2. The zero-order valence-corrected chi connectivity index (χ0v) is 15.7. The first-order valence-corrected chi connectivity index (χ1v) is 9.04. The summed E-state index contributed by atoms with van der Waals surface area (Å²) in [5.74, 6) is -2.84. The molecule has 1 aromatic carbocycles. The van der Waals surface area contributed by atoms with Crippen molar-refractivity contribution in [1.82, 2.24) is 0 Å². The average Bonchev–Trinajstić information content (AvgIpc) is 3.02. The van der Waals surface area contributed by atoms with Gasteiger partial charge in [-0.1, -0.05) is 57.7 Å². The van der Waals surface area contributed by atoms with Crippen molar-refractivity contribution in [2.24, 2.45) is 5.41 Å². The number of benzene rings is 1. The van der Waals surface area contributed by atoms with Gasteiger partial charge in [0.05, 0.1) is 6.54 Å². The maximum absolute atomic E-state index is 13.2. The Labute approximate surface area is 154 Å². The lowest BCUT2D eigenvalue weighted by molar-refractivity contribution is -0.852. The van der Waals surface area contributed by atoms with E-state index in [2.05, 4.69) is 6.58 Å². The molecule has 0 aromatic heterocycles. The summed E-state index contributed by atoms with van der Waals surface area (Å²) < 4.78 is -0.437. The number of nitrogens with zero attached hydrogens (tertiary/aromatic N) is 1. The van der Waals surface area contributed by atoms with Crippen LogP contribution in [0.4, 0.5) is 0 Å². The second kappa shape index (κ2) is 7.54. The van der Waals surface area contributed by atoms with Crippen LogP contribution < -0.4 is 5.11 Å². The number of quaternary nitrogens is 1. The van der Waals surface area contributed by atoms with Gasteiger partial charge < -0.3 is 9.90 Å². The van der Waals surface area contributed by atoms with Crippen molar-refractivity contribution in [3.63, 3.8) is 0 Å². The Morgan fingerprint density at radius 1 is 1.27 bits per heavy atom. The van der Waals surface area contributed by atoms with Gasteiger partial charge in [-0.3, -0.25) is 4.79 Å². The molecule has 0 bridgehead atoms. The van der Waals surface area contributed by atoms with E-state index in [1.807, 2.05) is 37.3 Å². The van der Waals surface area contributed by atoms with Crippen LogP contribution in [-0.4, -0.2) is 41.3 Å². The van der Waals surface area contributed by atoms with E-state index in [0.29, 0.717) is 12.8 Å². The Kier molecular flexibility index (Phi) is 5.81. The maximum Gasteiger partial charge on any atom is 0.383 e. The molecule has 2 unspecified atom stereocenters. The summed E-state index contributed by atoms with van der Waals surface area (Å²) in [6.45, 7) is 9.36. The van der Waals surface area contributed by atoms with Crippen molar-refractivity contribution in [3.8, 4) is 0 Å². The summed E-state index contributed by atoms with van der Waals surface area (Å²) in [5, 5.41) is 12.1. The molecular weight excluding hydrogens is 330 g/mol. The van der Waals surface area contributed by atoms with Crippen molar-refractivity contribution < 1.29 is 24.0 Å². The number of rotatable bonds is 7. The molecule has 0 N–H and O–H groups in total. The normalized spacial score (nSPS) is 25.7. The molecule has 1 heterocycles. The Balaban J connectivity index is 2.52. The van der Waals surface area contributed by atoms with Gasteiger partial charge in [-0.05, 0) is 18.1 Å². The van der Waals surface area contributed by atoms with Crippen LogP contribution in [0.1, 0.15) is 45.1 Å². The third-order valence-corrected chi connectivity index (χ3v) is 5.77. The average molecular weight is 357 g/mol. The van der Waals surface area contributed by atoms with Crippen molar-refractivity contribution in [2.75, 3.05) is 13.1 Å². The van der Waals surface area contributed by atoms with Crippen LogP contribution >= 0.6 is 0 Å². The van der Waals surface area contributed by atoms with Gasteiger partial charge in [0, 0.05) is 17.8 Å². The Morgan fingerprint density at radius 2 is 1.88 bits per heavy atom. The molecule has 1 aliphatic heterocycles. The Hall–Kier alpha value is -2.27. The quantitative estimate of drug-likeness (QED) is 0.424. The minimum atomic E-state index is -1.30. The lowest BCUT2D eigenvalue weighted by Gasteiger charge is -2.39. The van der Waals surface area contributed by atoms with Crippen LogP contribution in [0.15, 0.2) is 43.0 Å². The molecule has 5 nitrogen and oxygen atoms in total. The van der Waals surface area contributed by atoms with Crippen LogP contribution in [0, 0.1) is 5.41 Å². The molecule has 2 rings (SSSR count). The highest BCUT2D eigenvalue weighted by atomic mass is 16.4. The number of hydrogen-bond acceptors (Lipinski definition) is 4. The highest BCUT2D eigenvalue weighted by Gasteiger charge is 2.57. The van der Waals surface area contributed by atoms with Gasteiger partial charge in [-0.15, -0.1) is 0 Å². The minimum absolute atomic E-state index is 0.104. The third kappa shape index (κ3) is 3.36. The number of carbonyl (C=O) groups excluding carboxylic acids is 3. The molecule has 1 amide bonds. The zero-order chi connectivity index (χ0) is 19.5. The van der Waals surface area contributed by atoms with Crippen LogP contribution in [0.25, 0.3) is 0 Å². The number of likely N-dealkylation sites (tertiary alicyclic amines) is 1. The molecule has 0 spiro atoms. The standard InChI is InChI=1S/C21H27NO4/c1-5-13-22(19(24)18(23)21(3,4)6-2)14-12-16(17(22)20(25)26)15-10-8-7-9-11-15/h5,7-11,16-17H,1,6,12-14H2,2-4H3/t16?,17-,22?/m0/s1. The van der Waals surface area contributed by atoms with E-state index in [1.54, 1.807) is 13.8 Å². The molecular formula is C21H27NO4. The van der Waals surface area contributed by atoms with Gasteiger partial charge in [0.2, 0.25) is 0 Å². The van der Waals surface area contributed by atoms with Crippen LogP contribution in [0.5, 0.6) is 0 Å². The first-order valence-electron chi connectivity index (χ1n) is 9.04. The fraction of sp³-hybridized carbons (Fsp3) is 0.476. The van der Waals surface area contributed by atoms with Crippen molar-refractivity contribution in [2.45, 2.75) is 45.6 Å². The molecule has 0 aliphatic carbocycles. The van der Waals surface area contributed by atoms with Gasteiger partial charge >= 0.3 is 5.91 Å². The minimum Gasteiger partial charge on any atom is -0.544 e. The monoisotopic (exact) mass is 357 g/mol. The number of carboxylic acids is 1. The second-order valence-electron chi connectivity index (χ2n) is 7.67. The molecule has 5 heteroatoms. The Bertz CT molecular complexity index is 710. The lowest BCUT2D eigenvalue weighted by Crippen LogP contribution is -2.65. The zero-order valence-electron chi connectivity index (χ0n) is 15.7. The number of Topliss-reactive ketones (excluding diaryl/α,β-unsaturated/α-hetero) is 1. The number of carbonyl (C=O) groups is 3. The molecule has 1 aliphatic rings. The van der Waals surface area contributed by atoms with Crippen LogP contribution in [0.2, 0.25) is 0 Å². The lowest BCUT2D eigenvalue weighted by atomic mass is 9.83. The number of ketones is 1. The van der Waals surface area contributed by atoms with Gasteiger partial charge in [0.1, 0.15) is 18.6 Å². The molecule has 140 valence electrons. The van der Waals surface area contributed by atoms with Crippen molar-refractivity contribution in [3.05, 3.63) is 48.6 Å². The fourth-order valence-electron chi connectivity index (χ4n) is 3.82. The number of hydrogen-bond donors (Lipinski definition) is 0. The molecule has 1 aromatic rings. The first-order chi connectivity index (χ1) is 12.2. The van der Waals surface area contributed by atoms with Gasteiger partial charge in [-0.2, -0.15) is 0 Å². The maximum atomic E-state index is 13.2. The van der Waals surface area contributed by atoms with E-state index in [0.717, 1.165) is 5.56 Å². The van der Waals surface area contributed by atoms with Crippen molar-refractivity contribution in [1.29, 1.82) is 0 Å². The van der Waals surface area contributed by atoms with Crippen LogP contribution in [0.3, 0.4) is 0 Å². The molecule has 0 radical (unpaired) electrons. The summed E-state index contributed by atoms with van der Waals surface area (Å²) in [5.41, 5.74) is 0.0194. The van der Waals surface area contributed by atoms with Gasteiger partial charge in [0.15, 0.2) is 0 Å². The molecule has 1 saturated heterocycles. The summed E-state index contributed by atoms with van der Waals surface area (Å²) in [6.07, 6.45) is 2.53.